The van der Waals surface area contributed by atoms with Gasteiger partial charge in [-0.3, -0.25) is 9.69 Å². The molecule has 0 radical (unpaired) electrons. The van der Waals surface area contributed by atoms with E-state index in [0.717, 1.165) is 12.2 Å². The Morgan fingerprint density at radius 2 is 1.93 bits per heavy atom. The highest BCUT2D eigenvalue weighted by Gasteiger charge is 2.44. The van der Waals surface area contributed by atoms with Crippen LogP contribution in [0.5, 0.6) is 11.5 Å². The number of hydrogen-bond donors (Lipinski definition) is 0. The number of aryl methyl sites for hydroxylation is 1. The van der Waals surface area contributed by atoms with Crippen molar-refractivity contribution in [2.75, 3.05) is 18.1 Å². The van der Waals surface area contributed by atoms with Gasteiger partial charge in [0, 0.05) is 12.6 Å². The van der Waals surface area contributed by atoms with Crippen LogP contribution in [0.4, 0.5) is 11.6 Å². The monoisotopic (exact) mass is 385 g/mol. The summed E-state index contributed by atoms with van der Waals surface area (Å²) in [7, 11) is 0. The Hall–Kier alpha value is -3.16. The quantitative estimate of drug-likeness (QED) is 0.411. The highest BCUT2D eigenvalue weighted by Crippen LogP contribution is 2.37. The van der Waals surface area contributed by atoms with Crippen LogP contribution in [0.15, 0.2) is 36.4 Å². The van der Waals surface area contributed by atoms with Crippen LogP contribution in [0.25, 0.3) is 0 Å². The first kappa shape index (κ1) is 19.6. The lowest BCUT2D eigenvalue weighted by molar-refractivity contribution is -0.389. The van der Waals surface area contributed by atoms with E-state index in [-0.39, 0.29) is 17.5 Å². The number of carbonyl (C=O) groups excluding carboxylic acids is 1. The van der Waals surface area contributed by atoms with Crippen molar-refractivity contribution in [3.8, 4) is 11.5 Å². The van der Waals surface area contributed by atoms with Gasteiger partial charge in [0.2, 0.25) is 0 Å². The smallest absolute Gasteiger partial charge is 0.366 e. The predicted molar refractivity (Wildman–Crippen MR) is 104 cm³/mol. The van der Waals surface area contributed by atoms with Crippen LogP contribution in [0, 0.1) is 10.1 Å². The number of pyridine rings is 1. The minimum absolute atomic E-state index is 0.172. The normalized spacial score (nSPS) is 15.0. The van der Waals surface area contributed by atoms with Gasteiger partial charge < -0.3 is 19.6 Å². The molecule has 8 nitrogen and oxygen atoms in total. The minimum Gasteiger partial charge on any atom is -0.494 e. The van der Waals surface area contributed by atoms with Crippen LogP contribution in [0.2, 0.25) is 0 Å². The Morgan fingerprint density at radius 1 is 1.21 bits per heavy atom. The Kier molecular flexibility index (Phi) is 5.48. The molecule has 0 fully saturated rings. The first-order valence-electron chi connectivity index (χ1n) is 9.20. The molecular formula is C20H23N3O5. The van der Waals surface area contributed by atoms with Gasteiger partial charge in [0.15, 0.2) is 11.4 Å². The Bertz CT molecular complexity index is 880. The zero-order valence-corrected chi connectivity index (χ0v) is 16.2. The van der Waals surface area contributed by atoms with Crippen LogP contribution in [-0.4, -0.2) is 34.6 Å². The first-order valence-corrected chi connectivity index (χ1v) is 9.20. The summed E-state index contributed by atoms with van der Waals surface area (Å²) in [6.45, 7) is 6.14. The average molecular weight is 385 g/mol. The van der Waals surface area contributed by atoms with Crippen molar-refractivity contribution in [3.05, 3.63) is 52.1 Å². The van der Waals surface area contributed by atoms with Crippen LogP contribution in [0.3, 0.4) is 0 Å². The summed E-state index contributed by atoms with van der Waals surface area (Å²) in [6, 6.07) is 10.6. The molecule has 148 valence electrons. The molecule has 2 aromatic rings. The molecule has 0 N–H and O–H groups in total. The van der Waals surface area contributed by atoms with E-state index in [9.17, 15) is 14.9 Å². The summed E-state index contributed by atoms with van der Waals surface area (Å²) in [5, 5.41) is 11.0. The van der Waals surface area contributed by atoms with Crippen molar-refractivity contribution < 1.29 is 19.2 Å². The number of nitrogens with zero attached hydrogens (tertiary/aromatic N) is 3. The molecule has 1 aromatic carbocycles. The van der Waals surface area contributed by atoms with E-state index in [1.807, 2.05) is 24.3 Å². The second kappa shape index (κ2) is 7.84. The summed E-state index contributed by atoms with van der Waals surface area (Å²) in [5.74, 6) is 0.671. The number of hydrogen-bond acceptors (Lipinski definition) is 6. The van der Waals surface area contributed by atoms with Crippen molar-refractivity contribution >= 4 is 17.5 Å². The lowest BCUT2D eigenvalue weighted by atomic mass is 10.1. The summed E-state index contributed by atoms with van der Waals surface area (Å²) < 4.78 is 11.4. The van der Waals surface area contributed by atoms with E-state index in [4.69, 9.17) is 9.47 Å². The molecule has 1 aromatic heterocycles. The van der Waals surface area contributed by atoms with Crippen LogP contribution >= 0.6 is 0 Å². The van der Waals surface area contributed by atoms with E-state index in [0.29, 0.717) is 25.3 Å². The summed E-state index contributed by atoms with van der Waals surface area (Å²) in [5.41, 5.74) is 0.166. The number of carbonyl (C=O) groups is 1. The Morgan fingerprint density at radius 3 is 2.57 bits per heavy atom. The molecule has 8 heteroatoms. The van der Waals surface area contributed by atoms with Crippen molar-refractivity contribution in [3.63, 3.8) is 0 Å². The molecule has 2 heterocycles. The number of amides is 1. The van der Waals surface area contributed by atoms with Crippen molar-refractivity contribution in [1.29, 1.82) is 0 Å². The van der Waals surface area contributed by atoms with Crippen molar-refractivity contribution in [2.45, 2.75) is 39.2 Å². The van der Waals surface area contributed by atoms with Gasteiger partial charge in [-0.15, -0.1) is 0 Å². The summed E-state index contributed by atoms with van der Waals surface area (Å²) >= 11 is 0. The molecule has 0 spiro atoms. The number of anilines is 1. The second-order valence-corrected chi connectivity index (χ2v) is 7.02. The fraction of sp³-hybridized carbons (Fsp3) is 0.400. The maximum atomic E-state index is 12.8. The largest absolute Gasteiger partial charge is 0.494 e. The summed E-state index contributed by atoms with van der Waals surface area (Å²) in [4.78, 5) is 28.7. The molecule has 0 saturated heterocycles. The fourth-order valence-corrected chi connectivity index (χ4v) is 2.98. The van der Waals surface area contributed by atoms with Crippen molar-refractivity contribution in [2.24, 2.45) is 0 Å². The maximum absolute atomic E-state index is 12.8. The van der Waals surface area contributed by atoms with Gasteiger partial charge in [-0.25, -0.2) is 0 Å². The van der Waals surface area contributed by atoms with E-state index in [2.05, 4.69) is 11.9 Å². The van der Waals surface area contributed by atoms with Crippen molar-refractivity contribution in [1.82, 2.24) is 4.98 Å². The van der Waals surface area contributed by atoms with E-state index >= 15 is 0 Å². The molecule has 0 bridgehead atoms. The lowest BCUT2D eigenvalue weighted by Crippen LogP contribution is -2.53. The van der Waals surface area contributed by atoms with Gasteiger partial charge in [0.25, 0.3) is 11.7 Å². The number of benzene rings is 1. The zero-order chi connectivity index (χ0) is 20.3. The van der Waals surface area contributed by atoms with Gasteiger partial charge in [-0.2, -0.15) is 0 Å². The first-order chi connectivity index (χ1) is 13.3. The van der Waals surface area contributed by atoms with Crippen LogP contribution < -0.4 is 14.4 Å². The van der Waals surface area contributed by atoms with Crippen LogP contribution in [0.1, 0.15) is 32.8 Å². The molecule has 0 saturated carbocycles. The number of fused-ring (bicyclic) bond motifs is 1. The molecule has 28 heavy (non-hydrogen) atoms. The van der Waals surface area contributed by atoms with Gasteiger partial charge in [-0.1, -0.05) is 19.1 Å². The zero-order valence-electron chi connectivity index (χ0n) is 16.2. The van der Waals surface area contributed by atoms with Gasteiger partial charge in [-0.05, 0) is 60.4 Å². The molecule has 0 atom stereocenters. The third-order valence-corrected chi connectivity index (χ3v) is 4.52. The SMILES string of the molecule is CCc1ccc(OCCCN2C(=O)C(C)(C)Oc3ccc([N+](=O)[O-])nc32)cc1. The second-order valence-electron chi connectivity index (χ2n) is 7.02. The molecule has 3 rings (SSSR count). The van der Waals surface area contributed by atoms with Crippen LogP contribution in [-0.2, 0) is 11.2 Å². The maximum Gasteiger partial charge on any atom is 0.366 e. The van der Waals surface area contributed by atoms with Gasteiger partial charge in [0.1, 0.15) is 5.75 Å². The Labute approximate surface area is 163 Å². The number of aromatic nitrogens is 1. The highest BCUT2D eigenvalue weighted by molar-refractivity contribution is 6.01. The van der Waals surface area contributed by atoms with E-state index < -0.39 is 10.5 Å². The fourth-order valence-electron chi connectivity index (χ4n) is 2.98. The van der Waals surface area contributed by atoms with Gasteiger partial charge >= 0.3 is 5.82 Å². The number of ether oxygens (including phenoxy) is 2. The molecule has 1 aliphatic rings. The third kappa shape index (κ3) is 4.05. The minimum atomic E-state index is -1.07. The predicted octanol–water partition coefficient (Wildman–Crippen LogP) is 3.53. The number of nitro groups is 1. The standard InChI is InChI=1S/C20H23N3O5/c1-4-14-6-8-15(9-7-14)27-13-5-12-22-18-16(28-20(2,3)19(22)24)10-11-17(21-18)23(25)26/h6-11H,4-5,12-13H2,1-3H3. The highest BCUT2D eigenvalue weighted by atomic mass is 16.6. The molecule has 1 amide bonds. The molecule has 1 aliphatic heterocycles. The van der Waals surface area contributed by atoms with E-state index in [1.54, 1.807) is 13.8 Å². The van der Waals surface area contributed by atoms with E-state index in [1.165, 1.54) is 22.6 Å². The Balaban J connectivity index is 1.70. The average Bonchev–Trinajstić information content (AvgIpc) is 2.67. The van der Waals surface area contributed by atoms with Gasteiger partial charge in [0.05, 0.1) is 6.61 Å². The lowest BCUT2D eigenvalue weighted by Gasteiger charge is -2.35. The summed E-state index contributed by atoms with van der Waals surface area (Å²) in [6.07, 6.45) is 1.51. The molecule has 0 unspecified atom stereocenters. The topological polar surface area (TPSA) is 94.8 Å². The third-order valence-electron chi connectivity index (χ3n) is 4.52. The number of rotatable bonds is 7. The molecule has 0 aliphatic carbocycles. The molecular weight excluding hydrogens is 362 g/mol.